The van der Waals surface area contributed by atoms with Gasteiger partial charge in [0.2, 0.25) is 0 Å². The van der Waals surface area contributed by atoms with Crippen LogP contribution in [0.15, 0.2) is 66.7 Å². The third-order valence-electron chi connectivity index (χ3n) is 4.46. The molecule has 0 aliphatic heterocycles. The van der Waals surface area contributed by atoms with Crippen molar-refractivity contribution in [2.45, 2.75) is 25.8 Å². The number of halogens is 1. The fourth-order valence-electron chi connectivity index (χ4n) is 3.09. The lowest BCUT2D eigenvalue weighted by Crippen LogP contribution is -2.38. The van der Waals surface area contributed by atoms with Gasteiger partial charge in [0.1, 0.15) is 0 Å². The molecule has 1 N–H and O–H groups in total. The van der Waals surface area contributed by atoms with Crippen molar-refractivity contribution in [3.63, 3.8) is 0 Å². The van der Waals surface area contributed by atoms with Crippen LogP contribution in [0.1, 0.15) is 24.8 Å². The number of allylic oxidation sites excluding steroid dienone is 2. The molecule has 0 spiro atoms. The Morgan fingerprint density at radius 3 is 2.52 bits per heavy atom. The summed E-state index contributed by atoms with van der Waals surface area (Å²) in [4.78, 5) is 2.28. The summed E-state index contributed by atoms with van der Waals surface area (Å²) in [5, 5.41) is 4.85. The molecule has 2 aromatic rings. The molecule has 0 amide bonds. The molecule has 0 saturated carbocycles. The van der Waals surface area contributed by atoms with Gasteiger partial charge in [-0.25, -0.2) is 0 Å². The molecule has 0 fully saturated rings. The van der Waals surface area contributed by atoms with Crippen molar-refractivity contribution < 1.29 is 0 Å². The van der Waals surface area contributed by atoms with Gasteiger partial charge in [0.05, 0.1) is 0 Å². The molecule has 0 aromatic heterocycles. The van der Waals surface area contributed by atoms with Crippen LogP contribution in [0, 0.1) is 5.92 Å². The first-order chi connectivity index (χ1) is 12.2. The van der Waals surface area contributed by atoms with Gasteiger partial charge in [-0.15, -0.1) is 0 Å². The van der Waals surface area contributed by atoms with Crippen LogP contribution in [-0.4, -0.2) is 16.6 Å². The zero-order chi connectivity index (χ0) is 17.5. The van der Waals surface area contributed by atoms with E-state index in [2.05, 4.69) is 46.6 Å². The van der Waals surface area contributed by atoms with Gasteiger partial charge in [-0.2, -0.15) is 0 Å². The van der Waals surface area contributed by atoms with Crippen LogP contribution in [0.5, 0.6) is 0 Å². The molecule has 0 unspecified atom stereocenters. The normalized spacial score (nSPS) is 16.4. The molecule has 1 atom stereocenters. The van der Waals surface area contributed by atoms with Gasteiger partial charge in [0.25, 0.3) is 0 Å². The molecule has 2 nitrogen and oxygen atoms in total. The number of hydrogen-bond acceptors (Lipinski definition) is 1. The van der Waals surface area contributed by atoms with Crippen molar-refractivity contribution >= 4 is 34.6 Å². The molecule has 1 aliphatic carbocycles. The first-order valence-corrected chi connectivity index (χ1v) is 9.50. The van der Waals surface area contributed by atoms with Crippen LogP contribution in [0.4, 0.5) is 5.69 Å². The molecule has 3 rings (SSSR count). The lowest BCUT2D eigenvalue weighted by atomic mass is 9.94. The van der Waals surface area contributed by atoms with E-state index in [0.29, 0.717) is 5.92 Å². The second-order valence-electron chi connectivity index (χ2n) is 6.45. The molecule has 0 heterocycles. The van der Waals surface area contributed by atoms with E-state index in [-0.39, 0.29) is 0 Å². The highest BCUT2D eigenvalue weighted by molar-refractivity contribution is 7.80. The maximum absolute atomic E-state index is 5.97. The average molecular weight is 371 g/mol. The van der Waals surface area contributed by atoms with E-state index in [1.165, 1.54) is 18.4 Å². The predicted molar refractivity (Wildman–Crippen MR) is 111 cm³/mol. The Morgan fingerprint density at radius 2 is 1.84 bits per heavy atom. The quantitative estimate of drug-likeness (QED) is 0.521. The molecular formula is C21H23ClN2S. The number of rotatable bonds is 5. The molecule has 4 heteroatoms. The number of hydrogen-bond donors (Lipinski definition) is 1. The van der Waals surface area contributed by atoms with Gasteiger partial charge >= 0.3 is 0 Å². The largest absolute Gasteiger partial charge is 0.344 e. The maximum atomic E-state index is 5.97. The molecule has 2 aromatic carbocycles. The summed E-state index contributed by atoms with van der Waals surface area (Å²) in [7, 11) is 0. The number of thiocarbonyl (C=S) groups is 1. The van der Waals surface area contributed by atoms with Gasteiger partial charge in [-0.3, -0.25) is 0 Å². The fraction of sp³-hybridized carbons (Fsp3) is 0.286. The lowest BCUT2D eigenvalue weighted by Gasteiger charge is -2.30. The molecule has 130 valence electrons. The number of nitrogens with one attached hydrogen (secondary N) is 1. The summed E-state index contributed by atoms with van der Waals surface area (Å²) >= 11 is 11.7. The van der Waals surface area contributed by atoms with E-state index >= 15 is 0 Å². The van der Waals surface area contributed by atoms with Crippen molar-refractivity contribution in [2.24, 2.45) is 5.92 Å². The standard InChI is InChI=1S/C21H23ClN2S/c22-19-11-13-20(14-12-19)23-21(25)24(15-17-7-3-1-4-8-17)16-18-9-5-2-6-10-18/h1-5,7-8,11-14,18H,6,9-10,15-16H2,(H,23,25)/t18-/m1/s1. The van der Waals surface area contributed by atoms with Crippen molar-refractivity contribution in [2.75, 3.05) is 11.9 Å². The van der Waals surface area contributed by atoms with Crippen molar-refractivity contribution in [1.29, 1.82) is 0 Å². The summed E-state index contributed by atoms with van der Waals surface area (Å²) in [6, 6.07) is 18.2. The second kappa shape index (κ2) is 9.02. The van der Waals surface area contributed by atoms with Gasteiger partial charge in [0.15, 0.2) is 5.11 Å². The number of benzene rings is 2. The van der Waals surface area contributed by atoms with Crippen LogP contribution in [-0.2, 0) is 6.54 Å². The average Bonchev–Trinajstić information content (AvgIpc) is 2.65. The Balaban J connectivity index is 1.70. The SMILES string of the molecule is S=C(Nc1ccc(Cl)cc1)N(Cc1ccccc1)C[C@@H]1CC=CCC1. The fourth-order valence-corrected chi connectivity index (χ4v) is 3.48. The van der Waals surface area contributed by atoms with Crippen LogP contribution >= 0.6 is 23.8 Å². The van der Waals surface area contributed by atoms with Gasteiger partial charge in [-0.05, 0) is 67.2 Å². The van der Waals surface area contributed by atoms with Crippen LogP contribution in [0.3, 0.4) is 0 Å². The van der Waals surface area contributed by atoms with E-state index in [9.17, 15) is 0 Å². The summed E-state index contributed by atoms with van der Waals surface area (Å²) in [6.45, 7) is 1.79. The third kappa shape index (κ3) is 5.58. The molecule has 0 bridgehead atoms. The molecule has 0 radical (unpaired) electrons. The smallest absolute Gasteiger partial charge is 0.173 e. The lowest BCUT2D eigenvalue weighted by molar-refractivity contribution is 0.319. The monoisotopic (exact) mass is 370 g/mol. The summed E-state index contributed by atoms with van der Waals surface area (Å²) in [5.41, 5.74) is 2.24. The second-order valence-corrected chi connectivity index (χ2v) is 7.28. The Morgan fingerprint density at radius 1 is 1.08 bits per heavy atom. The van der Waals surface area contributed by atoms with Gasteiger partial charge in [0, 0.05) is 23.8 Å². The highest BCUT2D eigenvalue weighted by Gasteiger charge is 2.18. The number of nitrogens with zero attached hydrogens (tertiary/aromatic N) is 1. The topological polar surface area (TPSA) is 15.3 Å². The van der Waals surface area contributed by atoms with E-state index in [4.69, 9.17) is 23.8 Å². The number of anilines is 1. The zero-order valence-electron chi connectivity index (χ0n) is 14.2. The van der Waals surface area contributed by atoms with E-state index in [0.717, 1.165) is 35.3 Å². The highest BCUT2D eigenvalue weighted by Crippen LogP contribution is 2.21. The maximum Gasteiger partial charge on any atom is 0.173 e. The van der Waals surface area contributed by atoms with Crippen LogP contribution in [0.2, 0.25) is 5.02 Å². The zero-order valence-corrected chi connectivity index (χ0v) is 15.8. The minimum atomic E-state index is 0.652. The molecular weight excluding hydrogens is 348 g/mol. The van der Waals surface area contributed by atoms with Crippen molar-refractivity contribution in [3.8, 4) is 0 Å². The summed E-state index contributed by atoms with van der Waals surface area (Å²) < 4.78 is 0. The highest BCUT2D eigenvalue weighted by atomic mass is 35.5. The van der Waals surface area contributed by atoms with E-state index in [1.807, 2.05) is 30.3 Å². The van der Waals surface area contributed by atoms with Crippen molar-refractivity contribution in [3.05, 3.63) is 77.3 Å². The van der Waals surface area contributed by atoms with Crippen LogP contribution in [0.25, 0.3) is 0 Å². The van der Waals surface area contributed by atoms with Crippen molar-refractivity contribution in [1.82, 2.24) is 4.90 Å². The first kappa shape index (κ1) is 18.0. The molecule has 0 saturated heterocycles. The molecule has 1 aliphatic rings. The predicted octanol–water partition coefficient (Wildman–Crippen LogP) is 5.90. The van der Waals surface area contributed by atoms with Gasteiger partial charge < -0.3 is 10.2 Å². The Bertz CT molecular complexity index is 712. The summed E-state index contributed by atoms with van der Waals surface area (Å²) in [6.07, 6.45) is 8.11. The Kier molecular flexibility index (Phi) is 6.48. The summed E-state index contributed by atoms with van der Waals surface area (Å²) in [5.74, 6) is 0.652. The minimum Gasteiger partial charge on any atom is -0.344 e. The van der Waals surface area contributed by atoms with E-state index < -0.39 is 0 Å². The molecule has 25 heavy (non-hydrogen) atoms. The van der Waals surface area contributed by atoms with E-state index in [1.54, 1.807) is 0 Å². The Hall–Kier alpha value is -1.84. The first-order valence-electron chi connectivity index (χ1n) is 8.71. The van der Waals surface area contributed by atoms with Gasteiger partial charge in [-0.1, -0.05) is 54.1 Å². The Labute approximate surface area is 160 Å². The minimum absolute atomic E-state index is 0.652. The third-order valence-corrected chi connectivity index (χ3v) is 5.07. The van der Waals surface area contributed by atoms with Crippen LogP contribution < -0.4 is 5.32 Å².